The van der Waals surface area contributed by atoms with E-state index in [1.807, 2.05) is 28.8 Å². The van der Waals surface area contributed by atoms with Crippen LogP contribution in [0.2, 0.25) is 5.02 Å². The number of carbonyl (C=O) groups excluding carboxylic acids is 1. The van der Waals surface area contributed by atoms with Crippen molar-refractivity contribution in [3.8, 4) is 5.88 Å². The van der Waals surface area contributed by atoms with Gasteiger partial charge in [0, 0.05) is 35.8 Å². The Balaban J connectivity index is 1.80. The summed E-state index contributed by atoms with van der Waals surface area (Å²) in [5, 5.41) is 2.27. The molecular formula is C19H15ClN4O2. The standard InChI is InChI=1S/C19H15ClN4O2/c1-26-18-6-14-15(19(21)25)10-24(17(14)8-23-18)9-11-2-3-16-12(4-11)5-13(20)7-22-16/h2-8,10H,9H2,1H3,(H2,21,25). The predicted octanol–water partition coefficient (Wildman–Crippen LogP) is 3.39. The number of amides is 1. The molecule has 0 unspecified atom stereocenters. The van der Waals surface area contributed by atoms with Crippen molar-refractivity contribution in [2.75, 3.05) is 7.11 Å². The summed E-state index contributed by atoms with van der Waals surface area (Å²) in [5.74, 6) is -0.0549. The Kier molecular flexibility index (Phi) is 3.97. The number of nitrogens with two attached hydrogens (primary N) is 1. The van der Waals surface area contributed by atoms with Gasteiger partial charge in [0.25, 0.3) is 5.91 Å². The van der Waals surface area contributed by atoms with Crippen LogP contribution in [0.4, 0.5) is 0 Å². The molecule has 0 spiro atoms. The maximum atomic E-state index is 11.8. The number of benzene rings is 1. The number of primary amides is 1. The zero-order valence-electron chi connectivity index (χ0n) is 13.9. The first kappa shape index (κ1) is 16.4. The van der Waals surface area contributed by atoms with Gasteiger partial charge < -0.3 is 15.0 Å². The van der Waals surface area contributed by atoms with Crippen LogP contribution in [0.3, 0.4) is 0 Å². The second-order valence-electron chi connectivity index (χ2n) is 5.96. The molecule has 6 nitrogen and oxygen atoms in total. The van der Waals surface area contributed by atoms with Crippen molar-refractivity contribution in [2.45, 2.75) is 6.54 Å². The zero-order valence-corrected chi connectivity index (χ0v) is 14.7. The van der Waals surface area contributed by atoms with E-state index in [0.717, 1.165) is 27.4 Å². The number of nitrogens with zero attached hydrogens (tertiary/aromatic N) is 3. The van der Waals surface area contributed by atoms with Crippen molar-refractivity contribution in [2.24, 2.45) is 5.73 Å². The van der Waals surface area contributed by atoms with Crippen LogP contribution in [-0.4, -0.2) is 27.6 Å². The minimum absolute atomic E-state index is 0.434. The van der Waals surface area contributed by atoms with Crippen molar-refractivity contribution in [3.63, 3.8) is 0 Å². The summed E-state index contributed by atoms with van der Waals surface area (Å²) in [4.78, 5) is 20.4. The van der Waals surface area contributed by atoms with Crippen LogP contribution in [0.15, 0.2) is 48.9 Å². The molecule has 0 aliphatic heterocycles. The molecule has 130 valence electrons. The summed E-state index contributed by atoms with van der Waals surface area (Å²) in [6, 6.07) is 9.57. The van der Waals surface area contributed by atoms with Crippen molar-refractivity contribution in [1.29, 1.82) is 0 Å². The molecule has 1 aromatic carbocycles. The van der Waals surface area contributed by atoms with E-state index in [0.29, 0.717) is 23.0 Å². The van der Waals surface area contributed by atoms with Gasteiger partial charge in [-0.25, -0.2) is 4.98 Å². The smallest absolute Gasteiger partial charge is 0.250 e. The summed E-state index contributed by atoms with van der Waals surface area (Å²) in [6.45, 7) is 0.556. The molecule has 2 N–H and O–H groups in total. The number of ether oxygens (including phenoxy) is 1. The molecule has 0 fully saturated rings. The Morgan fingerprint density at radius 3 is 2.85 bits per heavy atom. The zero-order chi connectivity index (χ0) is 18.3. The van der Waals surface area contributed by atoms with Gasteiger partial charge in [-0.15, -0.1) is 0 Å². The second kappa shape index (κ2) is 6.31. The minimum atomic E-state index is -0.489. The normalized spacial score (nSPS) is 11.2. The van der Waals surface area contributed by atoms with Gasteiger partial charge in [-0.2, -0.15) is 0 Å². The highest BCUT2D eigenvalue weighted by Crippen LogP contribution is 2.26. The van der Waals surface area contributed by atoms with E-state index in [9.17, 15) is 4.79 Å². The lowest BCUT2D eigenvalue weighted by molar-refractivity contribution is 0.100. The Morgan fingerprint density at radius 2 is 2.08 bits per heavy atom. The average Bonchev–Trinajstić information content (AvgIpc) is 2.99. The van der Waals surface area contributed by atoms with Gasteiger partial charge >= 0.3 is 0 Å². The van der Waals surface area contributed by atoms with Gasteiger partial charge in [-0.05, 0) is 23.8 Å². The SMILES string of the molecule is COc1cc2c(C(N)=O)cn(Cc3ccc4ncc(Cl)cc4c3)c2cn1. The Morgan fingerprint density at radius 1 is 1.23 bits per heavy atom. The molecule has 3 aromatic heterocycles. The monoisotopic (exact) mass is 366 g/mol. The van der Waals surface area contributed by atoms with Crippen molar-refractivity contribution < 1.29 is 9.53 Å². The topological polar surface area (TPSA) is 83.0 Å². The number of rotatable bonds is 4. The van der Waals surface area contributed by atoms with Crippen LogP contribution in [0.5, 0.6) is 5.88 Å². The van der Waals surface area contributed by atoms with Crippen LogP contribution in [0, 0.1) is 0 Å². The van der Waals surface area contributed by atoms with E-state index in [1.165, 1.54) is 7.11 Å². The van der Waals surface area contributed by atoms with Gasteiger partial charge in [0.1, 0.15) is 0 Å². The molecule has 7 heteroatoms. The molecule has 0 bridgehead atoms. The summed E-state index contributed by atoms with van der Waals surface area (Å²) < 4.78 is 7.10. The maximum absolute atomic E-state index is 11.8. The number of hydrogen-bond donors (Lipinski definition) is 1. The molecule has 0 saturated carbocycles. The Labute approximate surface area is 154 Å². The Bertz CT molecular complexity index is 1150. The molecule has 0 saturated heterocycles. The lowest BCUT2D eigenvalue weighted by Gasteiger charge is -2.07. The lowest BCUT2D eigenvalue weighted by Crippen LogP contribution is -2.10. The third-order valence-electron chi connectivity index (χ3n) is 4.28. The number of carbonyl (C=O) groups is 1. The van der Waals surface area contributed by atoms with Crippen molar-refractivity contribution >= 4 is 39.3 Å². The summed E-state index contributed by atoms with van der Waals surface area (Å²) in [6.07, 6.45) is 5.05. The molecule has 0 aliphatic rings. The fourth-order valence-corrected chi connectivity index (χ4v) is 3.22. The highest BCUT2D eigenvalue weighted by Gasteiger charge is 2.14. The first-order valence-electron chi connectivity index (χ1n) is 7.92. The molecule has 4 rings (SSSR count). The number of aromatic nitrogens is 3. The highest BCUT2D eigenvalue weighted by atomic mass is 35.5. The van der Waals surface area contributed by atoms with Gasteiger partial charge in [0.2, 0.25) is 5.88 Å². The van der Waals surface area contributed by atoms with Gasteiger partial charge in [0.15, 0.2) is 0 Å². The van der Waals surface area contributed by atoms with Crippen LogP contribution >= 0.6 is 11.6 Å². The highest BCUT2D eigenvalue weighted by molar-refractivity contribution is 6.31. The number of fused-ring (bicyclic) bond motifs is 2. The first-order valence-corrected chi connectivity index (χ1v) is 8.30. The van der Waals surface area contributed by atoms with Crippen molar-refractivity contribution in [3.05, 3.63) is 65.1 Å². The molecular weight excluding hydrogens is 352 g/mol. The second-order valence-corrected chi connectivity index (χ2v) is 6.40. The number of methoxy groups -OCH3 is 1. The van der Waals surface area contributed by atoms with Crippen molar-refractivity contribution in [1.82, 2.24) is 14.5 Å². The van der Waals surface area contributed by atoms with Crippen LogP contribution < -0.4 is 10.5 Å². The van der Waals surface area contributed by atoms with Crippen LogP contribution in [-0.2, 0) is 6.54 Å². The minimum Gasteiger partial charge on any atom is -0.481 e. The molecule has 4 aromatic rings. The third-order valence-corrected chi connectivity index (χ3v) is 4.49. The van der Waals surface area contributed by atoms with E-state index in [-0.39, 0.29) is 0 Å². The molecule has 3 heterocycles. The third kappa shape index (κ3) is 2.84. The molecule has 26 heavy (non-hydrogen) atoms. The summed E-state index contributed by atoms with van der Waals surface area (Å²) in [7, 11) is 1.53. The predicted molar refractivity (Wildman–Crippen MR) is 101 cm³/mol. The first-order chi connectivity index (χ1) is 12.5. The number of hydrogen-bond acceptors (Lipinski definition) is 4. The van der Waals surface area contributed by atoms with Gasteiger partial charge in [-0.3, -0.25) is 9.78 Å². The van der Waals surface area contributed by atoms with E-state index in [1.54, 1.807) is 24.7 Å². The largest absolute Gasteiger partial charge is 0.481 e. The van der Waals surface area contributed by atoms with E-state index >= 15 is 0 Å². The fourth-order valence-electron chi connectivity index (χ4n) is 3.06. The maximum Gasteiger partial charge on any atom is 0.250 e. The quantitative estimate of drug-likeness (QED) is 0.600. The summed E-state index contributed by atoms with van der Waals surface area (Å²) >= 11 is 6.04. The average molecular weight is 367 g/mol. The van der Waals surface area contributed by atoms with E-state index in [4.69, 9.17) is 22.1 Å². The summed E-state index contributed by atoms with van der Waals surface area (Å²) in [5.41, 5.74) is 8.70. The fraction of sp³-hybridized carbons (Fsp3) is 0.105. The van der Waals surface area contributed by atoms with Gasteiger partial charge in [0.05, 0.1) is 34.9 Å². The molecule has 1 amide bonds. The Hall–Kier alpha value is -3.12. The van der Waals surface area contributed by atoms with E-state index in [2.05, 4.69) is 9.97 Å². The lowest BCUT2D eigenvalue weighted by atomic mass is 10.1. The number of halogens is 1. The molecule has 0 atom stereocenters. The van der Waals surface area contributed by atoms with E-state index < -0.39 is 5.91 Å². The molecule has 0 aliphatic carbocycles. The van der Waals surface area contributed by atoms with Crippen LogP contribution in [0.1, 0.15) is 15.9 Å². The number of pyridine rings is 2. The molecule has 0 radical (unpaired) electrons. The van der Waals surface area contributed by atoms with Gasteiger partial charge in [-0.1, -0.05) is 17.7 Å². The van der Waals surface area contributed by atoms with Crippen LogP contribution in [0.25, 0.3) is 21.8 Å².